The van der Waals surface area contributed by atoms with Crippen LogP contribution in [0.1, 0.15) is 25.7 Å². The number of urea groups is 1. The first-order chi connectivity index (χ1) is 8.19. The maximum atomic E-state index is 12.3. The predicted molar refractivity (Wildman–Crippen MR) is 66.1 cm³/mol. The molecule has 0 aliphatic carbocycles. The zero-order valence-corrected chi connectivity index (χ0v) is 10.7. The van der Waals surface area contributed by atoms with Crippen molar-refractivity contribution in [2.24, 2.45) is 0 Å². The topological polar surface area (TPSA) is 58.6 Å². The molecule has 0 aromatic rings. The second-order valence-corrected chi connectivity index (χ2v) is 4.96. The number of nitrogens with one attached hydrogen (secondary N) is 1. The van der Waals surface area contributed by atoms with E-state index >= 15 is 0 Å². The molecule has 2 rings (SSSR count). The number of carbonyl (C=O) groups excluding carboxylic acids is 2. The molecule has 5 nitrogen and oxygen atoms in total. The van der Waals surface area contributed by atoms with E-state index in [0.717, 1.165) is 18.6 Å². The fraction of sp³-hybridized carbons (Fsp3) is 0.818. The van der Waals surface area contributed by atoms with Crippen LogP contribution < -0.4 is 5.32 Å². The molecule has 1 spiro atoms. The minimum atomic E-state index is -0.684. The molecule has 17 heavy (non-hydrogen) atoms. The Morgan fingerprint density at radius 2 is 2.00 bits per heavy atom. The van der Waals surface area contributed by atoms with Crippen molar-refractivity contribution in [3.8, 4) is 0 Å². The summed E-state index contributed by atoms with van der Waals surface area (Å²) >= 11 is 4.12. The van der Waals surface area contributed by atoms with E-state index < -0.39 is 5.54 Å². The van der Waals surface area contributed by atoms with Crippen LogP contribution in [0.2, 0.25) is 0 Å². The van der Waals surface area contributed by atoms with Gasteiger partial charge in [0, 0.05) is 32.6 Å². The van der Waals surface area contributed by atoms with E-state index in [1.165, 1.54) is 4.90 Å². The molecule has 1 N–H and O–H groups in total. The number of hydrogen-bond donors (Lipinski definition) is 2. The van der Waals surface area contributed by atoms with Crippen molar-refractivity contribution in [1.82, 2.24) is 10.2 Å². The number of ether oxygens (including phenoxy) is 1. The summed E-state index contributed by atoms with van der Waals surface area (Å²) in [6, 6.07) is -0.254. The summed E-state index contributed by atoms with van der Waals surface area (Å²) in [6.45, 7) is 1.57. The van der Waals surface area contributed by atoms with E-state index in [-0.39, 0.29) is 11.9 Å². The molecule has 2 fully saturated rings. The lowest BCUT2D eigenvalue weighted by atomic mass is 9.90. The molecule has 2 aliphatic rings. The Kier molecular flexibility index (Phi) is 3.93. The molecule has 0 atom stereocenters. The molecule has 6 heteroatoms. The van der Waals surface area contributed by atoms with Crippen LogP contribution in [0.3, 0.4) is 0 Å². The van der Waals surface area contributed by atoms with Gasteiger partial charge < -0.3 is 10.1 Å². The number of thiol groups is 1. The lowest BCUT2D eigenvalue weighted by Gasteiger charge is -2.30. The lowest BCUT2D eigenvalue weighted by molar-refractivity contribution is -0.134. The molecule has 0 aromatic carbocycles. The maximum Gasteiger partial charge on any atom is 0.325 e. The molecular formula is C11H18N2O3S. The first-order valence-corrected chi connectivity index (χ1v) is 6.65. The summed E-state index contributed by atoms with van der Waals surface area (Å²) < 4.78 is 5.24. The highest BCUT2D eigenvalue weighted by atomic mass is 32.1. The van der Waals surface area contributed by atoms with Crippen molar-refractivity contribution in [1.29, 1.82) is 0 Å². The van der Waals surface area contributed by atoms with Crippen LogP contribution in [0.15, 0.2) is 0 Å². The van der Waals surface area contributed by atoms with Crippen LogP contribution in [-0.2, 0) is 9.53 Å². The molecule has 2 heterocycles. The summed E-state index contributed by atoms with van der Waals surface area (Å²) in [5, 5.41) is 2.83. The van der Waals surface area contributed by atoms with E-state index in [2.05, 4.69) is 17.9 Å². The standard InChI is InChI=1S/C11H18N2O3S/c14-9-11(3-6-16-7-4-11)12-10(15)13(9)5-1-2-8-17/h17H,1-8H2,(H,12,15). The third kappa shape index (κ3) is 2.42. The minimum absolute atomic E-state index is 0.0787. The van der Waals surface area contributed by atoms with Crippen molar-refractivity contribution >= 4 is 24.6 Å². The van der Waals surface area contributed by atoms with Crippen LogP contribution in [0.5, 0.6) is 0 Å². The number of amides is 3. The average molecular weight is 258 g/mol. The minimum Gasteiger partial charge on any atom is -0.381 e. The Morgan fingerprint density at radius 1 is 1.29 bits per heavy atom. The van der Waals surface area contributed by atoms with Gasteiger partial charge in [-0.05, 0) is 18.6 Å². The zero-order valence-electron chi connectivity index (χ0n) is 9.78. The molecule has 3 amide bonds. The Balaban J connectivity index is 2.00. The van der Waals surface area contributed by atoms with Crippen LogP contribution in [0, 0.1) is 0 Å². The van der Waals surface area contributed by atoms with Crippen LogP contribution in [0.4, 0.5) is 4.79 Å². The van der Waals surface area contributed by atoms with Crippen molar-refractivity contribution < 1.29 is 14.3 Å². The molecule has 0 aromatic heterocycles. The first-order valence-electron chi connectivity index (χ1n) is 6.02. The van der Waals surface area contributed by atoms with Gasteiger partial charge in [0.25, 0.3) is 5.91 Å². The summed E-state index contributed by atoms with van der Waals surface area (Å²) in [5.74, 6) is 0.702. The van der Waals surface area contributed by atoms with Crippen molar-refractivity contribution in [2.45, 2.75) is 31.2 Å². The highest BCUT2D eigenvalue weighted by Crippen LogP contribution is 2.28. The van der Waals surface area contributed by atoms with Gasteiger partial charge in [-0.15, -0.1) is 0 Å². The Labute approximate surface area is 106 Å². The molecule has 0 unspecified atom stereocenters. The Bertz CT molecular complexity index is 316. The molecular weight excluding hydrogens is 240 g/mol. The van der Waals surface area contributed by atoms with Crippen molar-refractivity contribution in [2.75, 3.05) is 25.5 Å². The van der Waals surface area contributed by atoms with Gasteiger partial charge in [-0.25, -0.2) is 4.79 Å². The van der Waals surface area contributed by atoms with Crippen molar-refractivity contribution in [3.63, 3.8) is 0 Å². The molecule has 96 valence electrons. The van der Waals surface area contributed by atoms with Gasteiger partial charge in [0.15, 0.2) is 0 Å². The predicted octanol–water partition coefficient (Wildman–Crippen LogP) is 0.797. The largest absolute Gasteiger partial charge is 0.381 e. The molecule has 2 saturated heterocycles. The summed E-state index contributed by atoms with van der Waals surface area (Å²) in [5.41, 5.74) is -0.684. The van der Waals surface area contributed by atoms with E-state index in [1.54, 1.807) is 0 Å². The normalized spacial score (nSPS) is 23.2. The fourth-order valence-corrected chi connectivity index (χ4v) is 2.54. The highest BCUT2D eigenvalue weighted by molar-refractivity contribution is 7.80. The number of imide groups is 1. The van der Waals surface area contributed by atoms with Crippen LogP contribution in [0.25, 0.3) is 0 Å². The van der Waals surface area contributed by atoms with E-state index in [4.69, 9.17) is 4.74 Å². The third-order valence-corrected chi connectivity index (χ3v) is 3.70. The molecule has 0 radical (unpaired) electrons. The van der Waals surface area contributed by atoms with Gasteiger partial charge in [-0.1, -0.05) is 0 Å². The second kappa shape index (κ2) is 5.27. The molecule has 2 aliphatic heterocycles. The zero-order chi connectivity index (χ0) is 12.3. The number of rotatable bonds is 4. The average Bonchev–Trinajstić information content (AvgIpc) is 2.55. The quantitative estimate of drug-likeness (QED) is 0.445. The lowest BCUT2D eigenvalue weighted by Crippen LogP contribution is -2.51. The maximum absolute atomic E-state index is 12.3. The van der Waals surface area contributed by atoms with Crippen LogP contribution >= 0.6 is 12.6 Å². The molecule has 0 bridgehead atoms. The van der Waals surface area contributed by atoms with Gasteiger partial charge in [0.2, 0.25) is 0 Å². The van der Waals surface area contributed by atoms with Gasteiger partial charge in [-0.3, -0.25) is 9.69 Å². The third-order valence-electron chi connectivity index (χ3n) is 3.38. The highest BCUT2D eigenvalue weighted by Gasteiger charge is 2.51. The van der Waals surface area contributed by atoms with Gasteiger partial charge in [0.05, 0.1) is 0 Å². The van der Waals surface area contributed by atoms with E-state index in [9.17, 15) is 9.59 Å². The van der Waals surface area contributed by atoms with E-state index in [1.807, 2.05) is 0 Å². The number of hydrogen-bond acceptors (Lipinski definition) is 4. The Morgan fingerprint density at radius 3 is 2.65 bits per heavy atom. The number of unbranched alkanes of at least 4 members (excludes halogenated alkanes) is 1. The summed E-state index contributed by atoms with van der Waals surface area (Å²) in [4.78, 5) is 25.4. The fourth-order valence-electron chi connectivity index (χ4n) is 2.32. The summed E-state index contributed by atoms with van der Waals surface area (Å²) in [7, 11) is 0. The number of nitrogens with zero attached hydrogens (tertiary/aromatic N) is 1. The van der Waals surface area contributed by atoms with Crippen LogP contribution in [-0.4, -0.2) is 47.9 Å². The number of carbonyl (C=O) groups is 2. The Hall–Kier alpha value is -0.750. The monoisotopic (exact) mass is 258 g/mol. The summed E-state index contributed by atoms with van der Waals surface area (Å²) in [6.07, 6.45) is 2.90. The first kappa shape index (κ1) is 12.7. The van der Waals surface area contributed by atoms with Gasteiger partial charge in [0.1, 0.15) is 5.54 Å². The van der Waals surface area contributed by atoms with E-state index in [0.29, 0.717) is 32.6 Å². The van der Waals surface area contributed by atoms with Crippen molar-refractivity contribution in [3.05, 3.63) is 0 Å². The van der Waals surface area contributed by atoms with Gasteiger partial charge in [-0.2, -0.15) is 12.6 Å². The smallest absolute Gasteiger partial charge is 0.325 e. The van der Waals surface area contributed by atoms with Gasteiger partial charge >= 0.3 is 6.03 Å². The SMILES string of the molecule is O=C1NC2(CCOCC2)C(=O)N1CCCCS. The molecule has 0 saturated carbocycles. The second-order valence-electron chi connectivity index (χ2n) is 4.51.